The smallest absolute Gasteiger partial charge is 0.872 e. The number of phenolic OH excluding ortho intramolecular Hbond substituents is 1. The molecular formula is C21H20FeO3. The minimum atomic E-state index is -0.275. The van der Waals surface area contributed by atoms with Crippen molar-refractivity contribution in [2.75, 3.05) is 6.61 Å². The molecule has 0 radical (unpaired) electrons. The van der Waals surface area contributed by atoms with Gasteiger partial charge in [-0.15, -0.1) is 0 Å². The number of ether oxygens (including phenoxy) is 1. The van der Waals surface area contributed by atoms with Crippen LogP contribution in [-0.2, 0) is 17.1 Å². The van der Waals surface area contributed by atoms with Gasteiger partial charge in [-0.25, -0.2) is 12.1 Å². The van der Waals surface area contributed by atoms with Gasteiger partial charge in [0.25, 0.3) is 0 Å². The number of hydrogen-bond acceptors (Lipinski definition) is 3. The molecule has 1 aliphatic carbocycles. The molecule has 0 aromatic heterocycles. The second-order valence-corrected chi connectivity index (χ2v) is 4.96. The van der Waals surface area contributed by atoms with Crippen LogP contribution in [0.5, 0.6) is 11.5 Å². The van der Waals surface area contributed by atoms with Gasteiger partial charge >= 0.3 is 17.1 Å². The molecule has 0 saturated carbocycles. The summed E-state index contributed by atoms with van der Waals surface area (Å²) in [7, 11) is 0. The Morgan fingerprint density at radius 2 is 1.84 bits per heavy atom. The normalized spacial score (nSPS) is 12.2. The van der Waals surface area contributed by atoms with Crippen LogP contribution in [0.4, 0.5) is 0 Å². The Labute approximate surface area is 159 Å². The average Bonchev–Trinajstić information content (AvgIpc) is 3.29. The van der Waals surface area contributed by atoms with Crippen LogP contribution < -0.4 is 9.84 Å². The van der Waals surface area contributed by atoms with Gasteiger partial charge in [0.15, 0.2) is 0 Å². The summed E-state index contributed by atoms with van der Waals surface area (Å²) < 4.78 is 5.36. The van der Waals surface area contributed by atoms with Crippen LogP contribution in [0.25, 0.3) is 5.76 Å². The van der Waals surface area contributed by atoms with E-state index < -0.39 is 0 Å². The van der Waals surface area contributed by atoms with Crippen LogP contribution in [0.1, 0.15) is 12.5 Å². The summed E-state index contributed by atoms with van der Waals surface area (Å²) in [6.45, 7) is 2.27. The summed E-state index contributed by atoms with van der Waals surface area (Å²) in [5.41, 5.74) is 1.15. The zero-order valence-corrected chi connectivity index (χ0v) is 15.0. The minimum absolute atomic E-state index is 0. The zero-order valence-electron chi connectivity index (χ0n) is 13.9. The summed E-state index contributed by atoms with van der Waals surface area (Å²) >= 11 is 0. The largest absolute Gasteiger partial charge is 2.00 e. The van der Waals surface area contributed by atoms with Crippen molar-refractivity contribution >= 4 is 5.76 Å². The number of rotatable bonds is 4. The van der Waals surface area contributed by atoms with Gasteiger partial charge in [0.1, 0.15) is 11.5 Å². The van der Waals surface area contributed by atoms with Gasteiger partial charge in [0.05, 0.1) is 12.2 Å². The van der Waals surface area contributed by atoms with Crippen molar-refractivity contribution < 1.29 is 32.0 Å². The monoisotopic (exact) mass is 376 g/mol. The van der Waals surface area contributed by atoms with Crippen molar-refractivity contribution in [3.8, 4) is 11.5 Å². The summed E-state index contributed by atoms with van der Waals surface area (Å²) in [4.78, 5) is 0. The van der Waals surface area contributed by atoms with E-state index >= 15 is 0 Å². The fourth-order valence-corrected chi connectivity index (χ4v) is 2.12. The Kier molecular flexibility index (Phi) is 9.08. The van der Waals surface area contributed by atoms with Crippen LogP contribution in [0, 0.1) is 0 Å². The van der Waals surface area contributed by atoms with E-state index in [0.29, 0.717) is 12.4 Å². The molecule has 0 fully saturated rings. The predicted octanol–water partition coefficient (Wildman–Crippen LogP) is 3.95. The molecule has 25 heavy (non-hydrogen) atoms. The predicted molar refractivity (Wildman–Crippen MR) is 95.7 cm³/mol. The Hall–Kier alpha value is -2.55. The third-order valence-electron chi connectivity index (χ3n) is 3.22. The molecular weight excluding hydrogens is 356 g/mol. The molecule has 130 valence electrons. The average molecular weight is 376 g/mol. The van der Waals surface area contributed by atoms with Gasteiger partial charge in [-0.2, -0.15) is 18.2 Å². The Morgan fingerprint density at radius 1 is 1.16 bits per heavy atom. The van der Waals surface area contributed by atoms with E-state index in [4.69, 9.17) is 4.74 Å². The van der Waals surface area contributed by atoms with Crippen LogP contribution in [0.15, 0.2) is 90.6 Å². The van der Waals surface area contributed by atoms with Crippen molar-refractivity contribution in [2.45, 2.75) is 6.92 Å². The molecule has 3 rings (SSSR count). The molecule has 2 aromatic carbocycles. The molecule has 0 unspecified atom stereocenters. The maximum Gasteiger partial charge on any atom is 2.00 e. The van der Waals surface area contributed by atoms with Crippen LogP contribution >= 0.6 is 0 Å². The fraction of sp³-hybridized carbons (Fsp3) is 0.0952. The van der Waals surface area contributed by atoms with Gasteiger partial charge in [-0.3, -0.25) is 0 Å². The van der Waals surface area contributed by atoms with Gasteiger partial charge in [0.2, 0.25) is 0 Å². The molecule has 0 atom stereocenters. The van der Waals surface area contributed by atoms with Gasteiger partial charge in [-0.05, 0) is 24.6 Å². The molecule has 1 N–H and O–H groups in total. The molecule has 0 heterocycles. The Balaban J connectivity index is 0.000000448. The van der Waals surface area contributed by atoms with Crippen molar-refractivity contribution in [1.82, 2.24) is 0 Å². The maximum absolute atomic E-state index is 12.1. The van der Waals surface area contributed by atoms with Crippen molar-refractivity contribution in [3.05, 3.63) is 96.1 Å². The first-order valence-electron chi connectivity index (χ1n) is 7.78. The number of hydrogen-bond donors (Lipinski definition) is 1. The third-order valence-corrected chi connectivity index (χ3v) is 3.22. The van der Waals surface area contributed by atoms with Gasteiger partial charge in [0, 0.05) is 0 Å². The van der Waals surface area contributed by atoms with E-state index in [9.17, 15) is 10.2 Å². The SMILES string of the molecule is CCOc1cccc(O)c1C([O-])=CC=C1C=CC=C1.[Fe+2].c1cc[cH-]c1. The molecule has 3 nitrogen and oxygen atoms in total. The molecule has 0 saturated heterocycles. The van der Waals surface area contributed by atoms with E-state index in [0.717, 1.165) is 5.57 Å². The van der Waals surface area contributed by atoms with Crippen molar-refractivity contribution in [2.24, 2.45) is 0 Å². The maximum atomic E-state index is 12.1. The standard InChI is InChI=1S/C16H16O3.C5H5.Fe/c1-2-19-15-9-5-8-13(17)16(15)14(18)11-10-12-6-3-4-7-12;1-2-4-5-3-1;/h3-11,17-18H,2H2,1H3;1-5H;/q;-1;+2/p-1. The minimum Gasteiger partial charge on any atom is -0.872 e. The number of benzene rings is 1. The quantitative estimate of drug-likeness (QED) is 0.500. The Bertz CT molecular complexity index is 722. The summed E-state index contributed by atoms with van der Waals surface area (Å²) in [5, 5.41) is 21.9. The molecule has 1 aliphatic rings. The van der Waals surface area contributed by atoms with Crippen molar-refractivity contribution in [3.63, 3.8) is 0 Å². The topological polar surface area (TPSA) is 52.5 Å². The van der Waals surface area contributed by atoms with Crippen molar-refractivity contribution in [1.29, 1.82) is 0 Å². The van der Waals surface area contributed by atoms with E-state index in [1.54, 1.807) is 18.2 Å². The summed E-state index contributed by atoms with van der Waals surface area (Å²) in [5.74, 6) is 0.0607. The van der Waals surface area contributed by atoms with Crippen LogP contribution in [-0.4, -0.2) is 11.7 Å². The number of phenols is 1. The van der Waals surface area contributed by atoms with Crippen LogP contribution in [0.3, 0.4) is 0 Å². The summed E-state index contributed by atoms with van der Waals surface area (Å²) in [6.07, 6.45) is 10.7. The molecule has 2 aromatic rings. The fourth-order valence-electron chi connectivity index (χ4n) is 2.12. The molecule has 0 amide bonds. The molecule has 4 heteroatoms. The Morgan fingerprint density at radius 3 is 2.40 bits per heavy atom. The third kappa shape index (κ3) is 6.46. The first kappa shape index (κ1) is 20.5. The first-order chi connectivity index (χ1) is 11.7. The second kappa shape index (κ2) is 11.1. The van der Waals surface area contributed by atoms with E-state index in [1.165, 1.54) is 12.1 Å². The van der Waals surface area contributed by atoms with Crippen LogP contribution in [0.2, 0.25) is 0 Å². The zero-order chi connectivity index (χ0) is 17.2. The number of allylic oxidation sites excluding steroid dienone is 7. The van der Waals surface area contributed by atoms with Gasteiger partial charge < -0.3 is 14.9 Å². The van der Waals surface area contributed by atoms with E-state index in [2.05, 4.69) is 0 Å². The summed E-state index contributed by atoms with van der Waals surface area (Å²) in [6, 6.07) is 14.8. The van der Waals surface area contributed by atoms with Gasteiger partial charge in [-0.1, -0.05) is 48.3 Å². The first-order valence-corrected chi connectivity index (χ1v) is 7.78. The second-order valence-electron chi connectivity index (χ2n) is 4.96. The molecule has 0 aliphatic heterocycles. The molecule has 0 spiro atoms. The van der Waals surface area contributed by atoms with E-state index in [1.807, 2.05) is 61.6 Å². The van der Waals surface area contributed by atoms with E-state index in [-0.39, 0.29) is 34.1 Å². The number of aromatic hydroxyl groups is 1. The molecule has 0 bridgehead atoms.